The molecule has 2 heteroatoms. The Balaban J connectivity index is 0.970. The topological polar surface area (TPSA) is 16.4 Å². The molecule has 0 aliphatic rings. The number of hydrogen-bond donors (Lipinski definition) is 0. The summed E-state index contributed by atoms with van der Waals surface area (Å²) < 4.78 is 6.60. The van der Waals surface area contributed by atoms with Crippen molar-refractivity contribution in [3.05, 3.63) is 249 Å². The lowest BCUT2D eigenvalue weighted by molar-refractivity contribution is 0.632. The van der Waals surface area contributed by atoms with Crippen LogP contribution >= 0.6 is 0 Å². The van der Waals surface area contributed by atoms with Crippen molar-refractivity contribution in [3.63, 3.8) is 0 Å². The first kappa shape index (κ1) is 36.8. The summed E-state index contributed by atoms with van der Waals surface area (Å²) in [7, 11) is 0. The van der Waals surface area contributed by atoms with Gasteiger partial charge in [0.2, 0.25) is 0 Å². The standard InChI is InChI=1S/C60H41NO/c1-3-15-43(16-4-1)53-24-9-10-25-55(53)45-31-37-51(38-32-45)61(52-39-33-46(34-40-52)56-27-14-20-44-17-7-8-23-54(44)56)50-35-29-42(30-36-50)48-21-13-22-49(41-48)60-59(47-18-5-2-6-19-47)57-26-11-12-28-58(57)62-60/h1-41H. The molecule has 1 heterocycles. The first-order valence-electron chi connectivity index (χ1n) is 21.2. The van der Waals surface area contributed by atoms with Crippen LogP contribution in [0.25, 0.3) is 88.7 Å². The van der Waals surface area contributed by atoms with Crippen LogP contribution in [0.4, 0.5) is 17.1 Å². The van der Waals surface area contributed by atoms with Gasteiger partial charge in [0, 0.05) is 33.6 Å². The van der Waals surface area contributed by atoms with Crippen LogP contribution in [0.15, 0.2) is 253 Å². The van der Waals surface area contributed by atoms with Crippen molar-refractivity contribution in [1.82, 2.24) is 0 Å². The third kappa shape index (κ3) is 6.94. The van der Waals surface area contributed by atoms with Crippen LogP contribution in [0.1, 0.15) is 0 Å². The van der Waals surface area contributed by atoms with E-state index in [0.717, 1.165) is 61.6 Å². The molecular weight excluding hydrogens is 751 g/mol. The molecule has 0 spiro atoms. The van der Waals surface area contributed by atoms with Crippen molar-refractivity contribution in [3.8, 4) is 67.0 Å². The Morgan fingerprint density at radius 3 is 1.37 bits per heavy atom. The van der Waals surface area contributed by atoms with Crippen LogP contribution in [-0.4, -0.2) is 0 Å². The maximum atomic E-state index is 6.60. The summed E-state index contributed by atoms with van der Waals surface area (Å²) >= 11 is 0. The van der Waals surface area contributed by atoms with Crippen LogP contribution in [-0.2, 0) is 0 Å². The first-order chi connectivity index (χ1) is 30.7. The third-order valence-electron chi connectivity index (χ3n) is 11.9. The zero-order valence-electron chi connectivity index (χ0n) is 34.0. The van der Waals surface area contributed by atoms with E-state index in [1.54, 1.807) is 0 Å². The van der Waals surface area contributed by atoms with Crippen molar-refractivity contribution in [2.24, 2.45) is 0 Å². The highest BCUT2D eigenvalue weighted by Gasteiger charge is 2.19. The smallest absolute Gasteiger partial charge is 0.143 e. The molecule has 0 aliphatic heterocycles. The van der Waals surface area contributed by atoms with Crippen LogP contribution in [0.2, 0.25) is 0 Å². The summed E-state index contributed by atoms with van der Waals surface area (Å²) in [4.78, 5) is 2.35. The summed E-state index contributed by atoms with van der Waals surface area (Å²) in [5.41, 5.74) is 16.9. The van der Waals surface area contributed by atoms with Crippen molar-refractivity contribution in [1.29, 1.82) is 0 Å². The second-order valence-electron chi connectivity index (χ2n) is 15.7. The predicted octanol–water partition coefficient (Wildman–Crippen LogP) is 17.1. The summed E-state index contributed by atoms with van der Waals surface area (Å²) in [6, 6.07) is 88.8. The Hall–Kier alpha value is -8.20. The Kier molecular flexibility index (Phi) is 9.57. The highest BCUT2D eigenvalue weighted by atomic mass is 16.3. The largest absolute Gasteiger partial charge is 0.455 e. The summed E-state index contributed by atoms with van der Waals surface area (Å²) in [5.74, 6) is 0.879. The number of hydrogen-bond acceptors (Lipinski definition) is 2. The lowest BCUT2D eigenvalue weighted by Crippen LogP contribution is -2.09. The van der Waals surface area contributed by atoms with Gasteiger partial charge in [0.05, 0.1) is 0 Å². The van der Waals surface area contributed by atoms with Crippen LogP contribution in [0.3, 0.4) is 0 Å². The van der Waals surface area contributed by atoms with Gasteiger partial charge in [0.15, 0.2) is 0 Å². The molecular formula is C60H41NO. The first-order valence-corrected chi connectivity index (χ1v) is 21.2. The lowest BCUT2D eigenvalue weighted by atomic mass is 9.94. The molecule has 0 aliphatic carbocycles. The fourth-order valence-corrected chi connectivity index (χ4v) is 8.89. The van der Waals surface area contributed by atoms with E-state index < -0.39 is 0 Å². The molecule has 0 amide bonds. The van der Waals surface area contributed by atoms with Crippen LogP contribution in [0, 0.1) is 0 Å². The molecule has 0 bridgehead atoms. The summed E-state index contributed by atoms with van der Waals surface area (Å²) in [6.45, 7) is 0. The Bertz CT molecular complexity index is 3310. The van der Waals surface area contributed by atoms with Gasteiger partial charge in [-0.3, -0.25) is 0 Å². The van der Waals surface area contributed by atoms with E-state index in [1.165, 1.54) is 44.2 Å². The van der Waals surface area contributed by atoms with E-state index in [2.05, 4.69) is 241 Å². The van der Waals surface area contributed by atoms with Crippen LogP contribution < -0.4 is 4.90 Å². The molecule has 0 N–H and O–H groups in total. The molecule has 11 aromatic rings. The molecule has 0 unspecified atom stereocenters. The molecule has 62 heavy (non-hydrogen) atoms. The minimum absolute atomic E-state index is 0.879. The Morgan fingerprint density at radius 2 is 0.710 bits per heavy atom. The van der Waals surface area contributed by atoms with Gasteiger partial charge in [0.1, 0.15) is 11.3 Å². The molecule has 0 saturated heterocycles. The maximum Gasteiger partial charge on any atom is 0.143 e. The second-order valence-corrected chi connectivity index (χ2v) is 15.7. The molecule has 292 valence electrons. The van der Waals surface area contributed by atoms with E-state index in [1.807, 2.05) is 12.1 Å². The second kappa shape index (κ2) is 16.1. The third-order valence-corrected chi connectivity index (χ3v) is 11.9. The Labute approximate surface area is 362 Å². The van der Waals surface area contributed by atoms with Gasteiger partial charge in [-0.25, -0.2) is 0 Å². The number of furan rings is 1. The molecule has 0 fully saturated rings. The number of benzene rings is 10. The van der Waals surface area contributed by atoms with Crippen molar-refractivity contribution in [2.45, 2.75) is 0 Å². The van der Waals surface area contributed by atoms with Crippen LogP contribution in [0.5, 0.6) is 0 Å². The molecule has 0 radical (unpaired) electrons. The molecule has 10 aromatic carbocycles. The number of para-hydroxylation sites is 1. The van der Waals surface area contributed by atoms with Gasteiger partial charge in [0.25, 0.3) is 0 Å². The monoisotopic (exact) mass is 791 g/mol. The average molecular weight is 792 g/mol. The zero-order valence-corrected chi connectivity index (χ0v) is 34.0. The van der Waals surface area contributed by atoms with Gasteiger partial charge in [-0.05, 0) is 109 Å². The van der Waals surface area contributed by atoms with E-state index in [4.69, 9.17) is 4.42 Å². The van der Waals surface area contributed by atoms with Gasteiger partial charge in [-0.2, -0.15) is 0 Å². The van der Waals surface area contributed by atoms with E-state index in [9.17, 15) is 0 Å². The quantitative estimate of drug-likeness (QED) is 0.145. The minimum Gasteiger partial charge on any atom is -0.455 e. The van der Waals surface area contributed by atoms with Crippen molar-refractivity contribution < 1.29 is 4.42 Å². The van der Waals surface area contributed by atoms with E-state index >= 15 is 0 Å². The molecule has 1 aromatic heterocycles. The van der Waals surface area contributed by atoms with Gasteiger partial charge >= 0.3 is 0 Å². The van der Waals surface area contributed by atoms with Gasteiger partial charge in [-0.1, -0.05) is 200 Å². The number of fused-ring (bicyclic) bond motifs is 2. The highest BCUT2D eigenvalue weighted by molar-refractivity contribution is 6.02. The fourth-order valence-electron chi connectivity index (χ4n) is 8.89. The Morgan fingerprint density at radius 1 is 0.274 bits per heavy atom. The zero-order chi connectivity index (χ0) is 41.2. The predicted molar refractivity (Wildman–Crippen MR) is 261 cm³/mol. The van der Waals surface area contributed by atoms with E-state index in [-0.39, 0.29) is 0 Å². The highest BCUT2D eigenvalue weighted by Crippen LogP contribution is 2.43. The molecule has 2 nitrogen and oxygen atoms in total. The molecule has 11 rings (SSSR count). The number of rotatable bonds is 9. The normalized spacial score (nSPS) is 11.2. The lowest BCUT2D eigenvalue weighted by Gasteiger charge is -2.26. The maximum absolute atomic E-state index is 6.60. The molecule has 0 atom stereocenters. The van der Waals surface area contributed by atoms with Gasteiger partial charge < -0.3 is 9.32 Å². The fraction of sp³-hybridized carbons (Fsp3) is 0. The van der Waals surface area contributed by atoms with Gasteiger partial charge in [-0.15, -0.1) is 0 Å². The summed E-state index contributed by atoms with van der Waals surface area (Å²) in [6.07, 6.45) is 0. The number of anilines is 3. The van der Waals surface area contributed by atoms with Crippen molar-refractivity contribution >= 4 is 38.8 Å². The average Bonchev–Trinajstić information content (AvgIpc) is 3.75. The molecule has 0 saturated carbocycles. The van der Waals surface area contributed by atoms with Crippen molar-refractivity contribution in [2.75, 3.05) is 4.90 Å². The SMILES string of the molecule is c1ccc(-c2ccccc2-c2ccc(N(c3ccc(-c4cccc(-c5oc6ccccc6c5-c5ccccc5)c4)cc3)c3ccc(-c4cccc5ccccc45)cc3)cc2)cc1. The van der Waals surface area contributed by atoms with E-state index in [0.29, 0.717) is 0 Å². The summed E-state index contributed by atoms with van der Waals surface area (Å²) in [5, 5.41) is 3.61. The number of nitrogens with zero attached hydrogens (tertiary/aromatic N) is 1. The minimum atomic E-state index is 0.879.